The van der Waals surface area contributed by atoms with Crippen LogP contribution in [0.3, 0.4) is 0 Å². The minimum Gasteiger partial charge on any atom is -0.394 e. The highest BCUT2D eigenvalue weighted by molar-refractivity contribution is 8.00. The van der Waals surface area contributed by atoms with E-state index in [1.54, 1.807) is 17.8 Å². The number of aliphatic hydroxyl groups is 1. The molecular formula is C13H17Cl2NOS. The number of hydrogen-bond acceptors (Lipinski definition) is 3. The van der Waals surface area contributed by atoms with E-state index >= 15 is 0 Å². The molecule has 1 aliphatic rings. The van der Waals surface area contributed by atoms with Crippen LogP contribution in [0, 0.1) is 0 Å². The van der Waals surface area contributed by atoms with E-state index < -0.39 is 0 Å². The van der Waals surface area contributed by atoms with Crippen LogP contribution in [0.15, 0.2) is 23.1 Å². The largest absolute Gasteiger partial charge is 0.394 e. The predicted octanol–water partition coefficient (Wildman–Crippen LogP) is 3.59. The van der Waals surface area contributed by atoms with E-state index in [1.807, 2.05) is 19.2 Å². The van der Waals surface area contributed by atoms with Crippen molar-refractivity contribution in [3.8, 4) is 0 Å². The first-order valence-corrected chi connectivity index (χ1v) is 7.63. The third kappa shape index (κ3) is 3.14. The van der Waals surface area contributed by atoms with Crippen molar-refractivity contribution < 1.29 is 5.11 Å². The molecule has 1 aromatic rings. The maximum Gasteiger partial charge on any atom is 0.0613 e. The van der Waals surface area contributed by atoms with Crippen molar-refractivity contribution in [2.45, 2.75) is 34.9 Å². The Hall–Kier alpha value is 0.0700. The Morgan fingerprint density at radius 1 is 1.50 bits per heavy atom. The molecule has 1 aliphatic carbocycles. The molecule has 2 atom stereocenters. The van der Waals surface area contributed by atoms with E-state index in [1.165, 1.54) is 0 Å². The van der Waals surface area contributed by atoms with Gasteiger partial charge >= 0.3 is 0 Å². The maximum absolute atomic E-state index is 9.48. The summed E-state index contributed by atoms with van der Waals surface area (Å²) in [7, 11) is 1.91. The lowest BCUT2D eigenvalue weighted by Crippen LogP contribution is -2.44. The van der Waals surface area contributed by atoms with E-state index in [0.29, 0.717) is 10.3 Å². The molecule has 18 heavy (non-hydrogen) atoms. The minimum atomic E-state index is -0.122. The quantitative estimate of drug-likeness (QED) is 0.891. The summed E-state index contributed by atoms with van der Waals surface area (Å²) in [6, 6.07) is 5.54. The van der Waals surface area contributed by atoms with E-state index in [4.69, 9.17) is 23.2 Å². The van der Waals surface area contributed by atoms with Gasteiger partial charge in [0.15, 0.2) is 0 Å². The highest BCUT2D eigenvalue weighted by atomic mass is 35.5. The van der Waals surface area contributed by atoms with Crippen LogP contribution in [0.2, 0.25) is 10.0 Å². The Bertz CT molecular complexity index is 423. The molecule has 0 saturated heterocycles. The van der Waals surface area contributed by atoms with Gasteiger partial charge < -0.3 is 10.4 Å². The number of thioether (sulfide) groups is 1. The number of likely N-dealkylation sites (N-methyl/N-ethyl adjacent to an activating group) is 1. The van der Waals surface area contributed by atoms with Crippen molar-refractivity contribution >= 4 is 35.0 Å². The zero-order valence-corrected chi connectivity index (χ0v) is 12.6. The second kappa shape index (κ2) is 6.02. The monoisotopic (exact) mass is 305 g/mol. The molecule has 2 rings (SSSR count). The summed E-state index contributed by atoms with van der Waals surface area (Å²) in [5, 5.41) is 14.7. The van der Waals surface area contributed by atoms with Gasteiger partial charge in [-0.2, -0.15) is 0 Å². The van der Waals surface area contributed by atoms with Crippen LogP contribution in [-0.2, 0) is 0 Å². The Labute approximate surface area is 122 Å². The average molecular weight is 306 g/mol. The fourth-order valence-electron chi connectivity index (χ4n) is 2.37. The summed E-state index contributed by atoms with van der Waals surface area (Å²) in [4.78, 5) is 1.03. The van der Waals surface area contributed by atoms with Crippen LogP contribution in [-0.4, -0.2) is 29.5 Å². The third-order valence-electron chi connectivity index (χ3n) is 3.58. The average Bonchev–Trinajstić information content (AvgIpc) is 2.78. The molecule has 1 aromatic carbocycles. The van der Waals surface area contributed by atoms with Crippen LogP contribution < -0.4 is 5.32 Å². The van der Waals surface area contributed by atoms with Gasteiger partial charge in [0.05, 0.1) is 11.6 Å². The van der Waals surface area contributed by atoms with E-state index in [-0.39, 0.29) is 12.1 Å². The Morgan fingerprint density at radius 2 is 2.28 bits per heavy atom. The van der Waals surface area contributed by atoms with Crippen molar-refractivity contribution in [1.29, 1.82) is 0 Å². The molecule has 0 radical (unpaired) electrons. The SMILES string of the molecule is CNC1(CO)CCC(Sc2cc(Cl)ccc2Cl)C1. The highest BCUT2D eigenvalue weighted by Gasteiger charge is 2.37. The van der Waals surface area contributed by atoms with Gasteiger partial charge in [-0.05, 0) is 44.5 Å². The van der Waals surface area contributed by atoms with Crippen LogP contribution >= 0.6 is 35.0 Å². The predicted molar refractivity (Wildman–Crippen MR) is 78.8 cm³/mol. The topological polar surface area (TPSA) is 32.3 Å². The summed E-state index contributed by atoms with van der Waals surface area (Å²) in [6.07, 6.45) is 3.03. The lowest BCUT2D eigenvalue weighted by molar-refractivity contribution is 0.173. The molecular weight excluding hydrogens is 289 g/mol. The number of nitrogens with one attached hydrogen (secondary N) is 1. The maximum atomic E-state index is 9.48. The summed E-state index contributed by atoms with van der Waals surface area (Å²) in [5.74, 6) is 0. The van der Waals surface area contributed by atoms with Gasteiger partial charge in [-0.1, -0.05) is 23.2 Å². The molecule has 0 amide bonds. The molecule has 1 saturated carbocycles. The third-order valence-corrected chi connectivity index (χ3v) is 5.59. The van der Waals surface area contributed by atoms with Crippen molar-refractivity contribution in [2.24, 2.45) is 0 Å². The molecule has 2 N–H and O–H groups in total. The van der Waals surface area contributed by atoms with Gasteiger partial charge in [0.1, 0.15) is 0 Å². The molecule has 0 heterocycles. The van der Waals surface area contributed by atoms with Gasteiger partial charge in [-0.3, -0.25) is 0 Å². The molecule has 1 fully saturated rings. The standard InChI is InChI=1S/C13H17Cl2NOS/c1-16-13(8-17)5-4-10(7-13)18-12-6-9(14)2-3-11(12)15/h2-3,6,10,16-17H,4-5,7-8H2,1H3. The van der Waals surface area contributed by atoms with Gasteiger partial charge in [0, 0.05) is 20.7 Å². The first kappa shape index (κ1) is 14.5. The fraction of sp³-hybridized carbons (Fsp3) is 0.538. The lowest BCUT2D eigenvalue weighted by atomic mass is 10.00. The first-order chi connectivity index (χ1) is 8.58. The number of benzene rings is 1. The molecule has 0 spiro atoms. The lowest BCUT2D eigenvalue weighted by Gasteiger charge is -2.26. The molecule has 5 heteroatoms. The summed E-state index contributed by atoms with van der Waals surface area (Å²) in [5.41, 5.74) is -0.122. The van der Waals surface area contributed by atoms with Gasteiger partial charge in [0.2, 0.25) is 0 Å². The molecule has 2 unspecified atom stereocenters. The molecule has 0 aromatic heterocycles. The van der Waals surface area contributed by atoms with Crippen LogP contribution in [0.25, 0.3) is 0 Å². The van der Waals surface area contributed by atoms with Gasteiger partial charge in [-0.25, -0.2) is 0 Å². The normalized spacial score (nSPS) is 27.7. The van der Waals surface area contributed by atoms with Gasteiger partial charge in [-0.15, -0.1) is 11.8 Å². The zero-order valence-electron chi connectivity index (χ0n) is 10.2. The van der Waals surface area contributed by atoms with Crippen molar-refractivity contribution in [3.63, 3.8) is 0 Å². The molecule has 2 nitrogen and oxygen atoms in total. The van der Waals surface area contributed by atoms with E-state index in [0.717, 1.165) is 29.2 Å². The highest BCUT2D eigenvalue weighted by Crippen LogP contribution is 2.42. The molecule has 0 bridgehead atoms. The van der Waals surface area contributed by atoms with Crippen LogP contribution in [0.4, 0.5) is 0 Å². The van der Waals surface area contributed by atoms with Crippen molar-refractivity contribution in [2.75, 3.05) is 13.7 Å². The second-order valence-corrected chi connectivity index (χ2v) is 6.93. The summed E-state index contributed by atoms with van der Waals surface area (Å²) >= 11 is 13.9. The summed E-state index contributed by atoms with van der Waals surface area (Å²) < 4.78 is 0. The molecule has 0 aliphatic heterocycles. The van der Waals surface area contributed by atoms with Crippen LogP contribution in [0.1, 0.15) is 19.3 Å². The van der Waals surface area contributed by atoms with Crippen molar-refractivity contribution in [1.82, 2.24) is 5.32 Å². The zero-order chi connectivity index (χ0) is 13.2. The van der Waals surface area contributed by atoms with Gasteiger partial charge in [0.25, 0.3) is 0 Å². The number of aliphatic hydroxyl groups excluding tert-OH is 1. The minimum absolute atomic E-state index is 0.122. The Balaban J connectivity index is 2.05. The van der Waals surface area contributed by atoms with Crippen LogP contribution in [0.5, 0.6) is 0 Å². The first-order valence-electron chi connectivity index (χ1n) is 6.00. The number of rotatable bonds is 4. The second-order valence-electron chi connectivity index (χ2n) is 4.75. The Morgan fingerprint density at radius 3 is 2.89 bits per heavy atom. The summed E-state index contributed by atoms with van der Waals surface area (Å²) in [6.45, 7) is 0.184. The van der Waals surface area contributed by atoms with E-state index in [9.17, 15) is 5.11 Å². The Kier molecular flexibility index (Phi) is 4.84. The van der Waals surface area contributed by atoms with E-state index in [2.05, 4.69) is 5.32 Å². The molecule has 100 valence electrons. The van der Waals surface area contributed by atoms with Crippen molar-refractivity contribution in [3.05, 3.63) is 28.2 Å². The number of hydrogen-bond donors (Lipinski definition) is 2. The number of halogens is 2. The fourth-order valence-corrected chi connectivity index (χ4v) is 4.24. The smallest absolute Gasteiger partial charge is 0.0613 e.